The van der Waals surface area contributed by atoms with Crippen LogP contribution in [0, 0.1) is 0 Å². The standard InChI is InChI=1S/C22H23N3O3/c1-28-21(26)19-18(14-25-12-11-15-7-5-6-10-17(15)13-25)23-22(27)24-20(19)16-8-3-2-4-9-16/h2-10,20H,11-14H2,1H3,(H2,23,24,27)/t20-/m1/s1. The largest absolute Gasteiger partial charge is 0.466 e. The van der Waals surface area contributed by atoms with Crippen molar-refractivity contribution in [3.63, 3.8) is 0 Å². The van der Waals surface area contributed by atoms with Crippen LogP contribution in [-0.2, 0) is 22.5 Å². The highest BCUT2D eigenvalue weighted by Crippen LogP contribution is 2.29. The van der Waals surface area contributed by atoms with Gasteiger partial charge in [0.1, 0.15) is 0 Å². The van der Waals surface area contributed by atoms with E-state index in [1.165, 1.54) is 18.2 Å². The predicted octanol–water partition coefficient (Wildman–Crippen LogP) is 2.53. The van der Waals surface area contributed by atoms with E-state index in [9.17, 15) is 9.59 Å². The number of fused-ring (bicyclic) bond motifs is 1. The molecule has 0 saturated heterocycles. The maximum Gasteiger partial charge on any atom is 0.338 e. The van der Waals surface area contributed by atoms with Gasteiger partial charge < -0.3 is 15.4 Å². The van der Waals surface area contributed by atoms with Crippen LogP contribution in [0.3, 0.4) is 0 Å². The SMILES string of the molecule is COC(=O)C1=C(CN2CCc3ccccc3C2)NC(=O)N[C@@H]1c1ccccc1. The van der Waals surface area contributed by atoms with E-state index in [-0.39, 0.29) is 6.03 Å². The molecule has 0 radical (unpaired) electrons. The van der Waals surface area contributed by atoms with Crippen molar-refractivity contribution in [3.8, 4) is 0 Å². The first-order valence-corrected chi connectivity index (χ1v) is 9.38. The average molecular weight is 377 g/mol. The molecule has 0 spiro atoms. The number of methoxy groups -OCH3 is 1. The number of nitrogens with one attached hydrogen (secondary N) is 2. The van der Waals surface area contributed by atoms with Gasteiger partial charge in [0.15, 0.2) is 0 Å². The Morgan fingerprint density at radius 1 is 1.11 bits per heavy atom. The Morgan fingerprint density at radius 3 is 2.57 bits per heavy atom. The van der Waals surface area contributed by atoms with Crippen LogP contribution in [0.15, 0.2) is 65.9 Å². The molecule has 2 amide bonds. The Hall–Kier alpha value is -3.12. The molecule has 0 unspecified atom stereocenters. The third kappa shape index (κ3) is 3.64. The summed E-state index contributed by atoms with van der Waals surface area (Å²) in [5, 5.41) is 5.69. The van der Waals surface area contributed by atoms with Crippen LogP contribution in [0.2, 0.25) is 0 Å². The monoisotopic (exact) mass is 377 g/mol. The second-order valence-electron chi connectivity index (χ2n) is 7.06. The van der Waals surface area contributed by atoms with Crippen molar-refractivity contribution in [1.82, 2.24) is 15.5 Å². The molecule has 0 aliphatic carbocycles. The van der Waals surface area contributed by atoms with Gasteiger partial charge in [0.25, 0.3) is 0 Å². The lowest BCUT2D eigenvalue weighted by atomic mass is 9.94. The molecule has 0 bridgehead atoms. The fourth-order valence-corrected chi connectivity index (χ4v) is 3.90. The number of amides is 2. The van der Waals surface area contributed by atoms with Crippen molar-refractivity contribution in [2.24, 2.45) is 0 Å². The number of carbonyl (C=O) groups is 2. The summed E-state index contributed by atoms with van der Waals surface area (Å²) in [5.74, 6) is -0.436. The number of hydrogen-bond acceptors (Lipinski definition) is 4. The van der Waals surface area contributed by atoms with E-state index in [2.05, 4.69) is 33.7 Å². The molecule has 2 N–H and O–H groups in total. The lowest BCUT2D eigenvalue weighted by molar-refractivity contribution is -0.136. The molecule has 4 rings (SSSR count). The molecule has 2 aliphatic heterocycles. The zero-order chi connectivity index (χ0) is 19.5. The van der Waals surface area contributed by atoms with E-state index >= 15 is 0 Å². The van der Waals surface area contributed by atoms with Crippen LogP contribution in [0.25, 0.3) is 0 Å². The molecule has 2 aromatic rings. The number of rotatable bonds is 4. The number of ether oxygens (including phenoxy) is 1. The molecule has 2 heterocycles. The molecule has 28 heavy (non-hydrogen) atoms. The highest BCUT2D eigenvalue weighted by Gasteiger charge is 2.34. The summed E-state index contributed by atoms with van der Waals surface area (Å²) in [5.41, 5.74) is 4.54. The van der Waals surface area contributed by atoms with Gasteiger partial charge in [0, 0.05) is 25.3 Å². The van der Waals surface area contributed by atoms with Crippen molar-refractivity contribution >= 4 is 12.0 Å². The van der Waals surface area contributed by atoms with Gasteiger partial charge in [-0.05, 0) is 23.1 Å². The molecule has 0 aromatic heterocycles. The third-order valence-electron chi connectivity index (χ3n) is 5.28. The minimum absolute atomic E-state index is 0.311. The molecule has 144 valence electrons. The fraction of sp³-hybridized carbons (Fsp3) is 0.273. The molecule has 1 atom stereocenters. The number of benzene rings is 2. The van der Waals surface area contributed by atoms with Crippen LogP contribution in [0.5, 0.6) is 0 Å². The molecule has 2 aromatic carbocycles. The molecular weight excluding hydrogens is 354 g/mol. The Kier molecular flexibility index (Phi) is 5.12. The average Bonchev–Trinajstić information content (AvgIpc) is 2.73. The number of carbonyl (C=O) groups excluding carboxylic acids is 2. The minimum atomic E-state index is -0.533. The molecule has 6 nitrogen and oxygen atoms in total. The molecule has 0 saturated carbocycles. The highest BCUT2D eigenvalue weighted by molar-refractivity contribution is 5.95. The normalized spacial score (nSPS) is 19.5. The van der Waals surface area contributed by atoms with E-state index in [4.69, 9.17) is 4.74 Å². The van der Waals surface area contributed by atoms with E-state index < -0.39 is 12.0 Å². The van der Waals surface area contributed by atoms with Gasteiger partial charge in [-0.1, -0.05) is 54.6 Å². The van der Waals surface area contributed by atoms with Gasteiger partial charge in [0.2, 0.25) is 0 Å². The van der Waals surface area contributed by atoms with E-state index in [0.29, 0.717) is 17.8 Å². The maximum absolute atomic E-state index is 12.6. The van der Waals surface area contributed by atoms with Crippen molar-refractivity contribution in [2.75, 3.05) is 20.2 Å². The smallest absolute Gasteiger partial charge is 0.338 e. The summed E-state index contributed by atoms with van der Waals surface area (Å²) in [4.78, 5) is 27.2. The summed E-state index contributed by atoms with van der Waals surface area (Å²) >= 11 is 0. The lowest BCUT2D eigenvalue weighted by Crippen LogP contribution is -2.48. The zero-order valence-corrected chi connectivity index (χ0v) is 15.8. The molecule has 6 heteroatoms. The Labute approximate surface area is 164 Å². The molecule has 2 aliphatic rings. The first-order chi connectivity index (χ1) is 13.7. The quantitative estimate of drug-likeness (QED) is 0.804. The molecular formula is C22H23N3O3. The van der Waals surface area contributed by atoms with Gasteiger partial charge in [-0.25, -0.2) is 9.59 Å². The third-order valence-corrected chi connectivity index (χ3v) is 5.28. The van der Waals surface area contributed by atoms with Crippen LogP contribution in [0.1, 0.15) is 22.7 Å². The van der Waals surface area contributed by atoms with Gasteiger partial charge in [-0.2, -0.15) is 0 Å². The number of esters is 1. The Morgan fingerprint density at radius 2 is 1.82 bits per heavy atom. The zero-order valence-electron chi connectivity index (χ0n) is 15.8. The Bertz CT molecular complexity index is 924. The van der Waals surface area contributed by atoms with E-state index in [1.54, 1.807) is 0 Å². The predicted molar refractivity (Wildman–Crippen MR) is 105 cm³/mol. The summed E-state index contributed by atoms with van der Waals surface area (Å²) in [6.45, 7) is 2.14. The maximum atomic E-state index is 12.6. The van der Waals surface area contributed by atoms with Gasteiger partial charge >= 0.3 is 12.0 Å². The summed E-state index contributed by atoms with van der Waals surface area (Å²) in [7, 11) is 1.36. The van der Waals surface area contributed by atoms with Crippen LogP contribution in [-0.4, -0.2) is 37.1 Å². The summed E-state index contributed by atoms with van der Waals surface area (Å²) < 4.78 is 5.05. The van der Waals surface area contributed by atoms with E-state index in [1.807, 2.05) is 36.4 Å². The summed E-state index contributed by atoms with van der Waals surface area (Å²) in [6.07, 6.45) is 0.950. The van der Waals surface area contributed by atoms with Crippen molar-refractivity contribution in [1.29, 1.82) is 0 Å². The van der Waals surface area contributed by atoms with Crippen LogP contribution < -0.4 is 10.6 Å². The van der Waals surface area contributed by atoms with E-state index in [0.717, 1.165) is 25.1 Å². The highest BCUT2D eigenvalue weighted by atomic mass is 16.5. The van der Waals surface area contributed by atoms with Crippen molar-refractivity contribution in [2.45, 2.75) is 19.0 Å². The van der Waals surface area contributed by atoms with Crippen LogP contribution >= 0.6 is 0 Å². The minimum Gasteiger partial charge on any atom is -0.466 e. The topological polar surface area (TPSA) is 70.7 Å². The Balaban J connectivity index is 1.66. The first-order valence-electron chi connectivity index (χ1n) is 9.38. The number of nitrogens with zero attached hydrogens (tertiary/aromatic N) is 1. The van der Waals surface area contributed by atoms with Crippen molar-refractivity contribution < 1.29 is 14.3 Å². The molecule has 0 fully saturated rings. The lowest BCUT2D eigenvalue weighted by Gasteiger charge is -2.34. The fourth-order valence-electron chi connectivity index (χ4n) is 3.90. The van der Waals surface area contributed by atoms with Gasteiger partial charge in [-0.3, -0.25) is 4.90 Å². The van der Waals surface area contributed by atoms with Gasteiger partial charge in [-0.15, -0.1) is 0 Å². The second-order valence-corrected chi connectivity index (χ2v) is 7.06. The van der Waals surface area contributed by atoms with Crippen molar-refractivity contribution in [3.05, 3.63) is 82.6 Å². The summed E-state index contributed by atoms with van der Waals surface area (Å²) in [6, 6.07) is 17.0. The number of urea groups is 1. The second kappa shape index (κ2) is 7.86. The van der Waals surface area contributed by atoms with Gasteiger partial charge in [0.05, 0.1) is 18.7 Å². The number of hydrogen-bond donors (Lipinski definition) is 2. The van der Waals surface area contributed by atoms with Crippen LogP contribution in [0.4, 0.5) is 4.79 Å². The first kappa shape index (κ1) is 18.3.